The van der Waals surface area contributed by atoms with Gasteiger partial charge in [-0.1, -0.05) is 132 Å². The van der Waals surface area contributed by atoms with Crippen molar-refractivity contribution in [2.75, 3.05) is 0 Å². The summed E-state index contributed by atoms with van der Waals surface area (Å²) in [4.78, 5) is 11.3. The van der Waals surface area contributed by atoms with Crippen LogP contribution in [0, 0.1) is 51.8 Å². The highest BCUT2D eigenvalue weighted by Crippen LogP contribution is 2.71. The van der Waals surface area contributed by atoms with E-state index in [1.165, 1.54) is 128 Å². The first kappa shape index (κ1) is 37.9. The van der Waals surface area contributed by atoms with Gasteiger partial charge >= 0.3 is 5.97 Å². The summed E-state index contributed by atoms with van der Waals surface area (Å²) in [6.07, 6.45) is 29.6. The molecule has 0 saturated heterocycles. The van der Waals surface area contributed by atoms with Crippen LogP contribution in [0.4, 0.5) is 0 Å². The van der Waals surface area contributed by atoms with Crippen LogP contribution in [-0.2, 0) is 4.79 Å². The number of aliphatic carboxylic acids is 1. The minimum atomic E-state index is -0.658. The maximum atomic E-state index is 11.9. The molecule has 4 saturated carbocycles. The number of hydrogen-bond acceptors (Lipinski definition) is 2. The summed E-state index contributed by atoms with van der Waals surface area (Å²) in [6.45, 7) is 16.3. The highest BCUT2D eigenvalue weighted by molar-refractivity contribution is 5.66. The molecule has 0 spiro atoms. The van der Waals surface area contributed by atoms with Gasteiger partial charge in [-0.25, -0.2) is 0 Å². The second kappa shape index (κ2) is 17.5. The van der Waals surface area contributed by atoms with Gasteiger partial charge in [0.15, 0.2) is 0 Å². The molecule has 0 bridgehead atoms. The SMILES string of the molecule is CC.CCCCCCCCCCCCCC[C@H]1CCC2(C)C3CC[C@@]4(C)C(CC[C@@H]4C(C)CCC(=O)O)C3[C@H](O)CC2(C)C1.[HH].[HH]. The molecular weight excluding hydrogens is 540 g/mol. The van der Waals surface area contributed by atoms with Crippen molar-refractivity contribution in [1.82, 2.24) is 0 Å². The molecule has 0 radical (unpaired) electrons. The Hall–Kier alpha value is -0.570. The van der Waals surface area contributed by atoms with Crippen LogP contribution in [0.15, 0.2) is 0 Å². The van der Waals surface area contributed by atoms with E-state index in [2.05, 4.69) is 34.6 Å². The second-order valence-electron chi connectivity index (χ2n) is 17.0. The van der Waals surface area contributed by atoms with Crippen LogP contribution >= 0.6 is 0 Å². The molecule has 0 aromatic carbocycles. The van der Waals surface area contributed by atoms with E-state index in [0.717, 1.165) is 18.8 Å². The van der Waals surface area contributed by atoms with E-state index in [1.807, 2.05) is 13.8 Å². The third-order valence-electron chi connectivity index (χ3n) is 14.5. The van der Waals surface area contributed by atoms with Crippen molar-refractivity contribution in [2.24, 2.45) is 51.8 Å². The Morgan fingerprint density at radius 2 is 1.39 bits per heavy atom. The summed E-state index contributed by atoms with van der Waals surface area (Å²) in [5, 5.41) is 21.2. The van der Waals surface area contributed by atoms with Gasteiger partial charge in [0.05, 0.1) is 6.10 Å². The molecule has 3 nitrogen and oxygen atoms in total. The van der Waals surface area contributed by atoms with Crippen molar-refractivity contribution in [2.45, 2.75) is 202 Å². The highest BCUT2D eigenvalue weighted by Gasteiger charge is 2.65. The number of hydrogen-bond donors (Lipinski definition) is 2. The Morgan fingerprint density at radius 3 is 1.98 bits per heavy atom. The maximum absolute atomic E-state index is 11.9. The van der Waals surface area contributed by atoms with E-state index in [0.29, 0.717) is 41.4 Å². The number of aliphatic hydroxyl groups excluding tert-OH is 1. The fraction of sp³-hybridized carbons (Fsp3) is 0.976. The molecule has 10 atom stereocenters. The molecule has 4 fully saturated rings. The number of unbranched alkanes of at least 4 members (excludes halogenated alkanes) is 11. The molecule has 0 aliphatic heterocycles. The zero-order chi connectivity index (χ0) is 32.4. The minimum Gasteiger partial charge on any atom is -0.481 e. The first-order valence-electron chi connectivity index (χ1n) is 20.0. The minimum absolute atomic E-state index is 0. The van der Waals surface area contributed by atoms with E-state index in [4.69, 9.17) is 0 Å². The number of carbonyl (C=O) groups is 1. The number of fused-ring (bicyclic) bond motifs is 5. The monoisotopic (exact) mass is 621 g/mol. The molecule has 0 aromatic heterocycles. The second-order valence-corrected chi connectivity index (χ2v) is 17.0. The van der Waals surface area contributed by atoms with E-state index >= 15 is 0 Å². The molecule has 2 N–H and O–H groups in total. The van der Waals surface area contributed by atoms with Gasteiger partial charge in [-0.3, -0.25) is 4.79 Å². The molecule has 0 amide bonds. The van der Waals surface area contributed by atoms with Crippen molar-refractivity contribution < 1.29 is 17.9 Å². The standard InChI is InChI=1S/C39H70O3.C2H6.2H2/c1-6-7-8-9-10-11-12-13-14-15-16-17-18-30-23-26-39(5)33-24-25-38(4)31(29(2)19-22-35(41)42)20-21-32(38)36(33)34(40)28-37(39,3)27-30;1-2;;/h29-34,36,40H,6-28H2,1-5H3,(H,41,42);1-2H3;2*1H/t29?,30-,31+,32?,33?,34+,36?,37?,38+,39?;;;/m0.../s1. The molecule has 6 unspecified atom stereocenters. The third-order valence-corrected chi connectivity index (χ3v) is 14.5. The summed E-state index contributed by atoms with van der Waals surface area (Å²) in [5.74, 6) is 3.00. The van der Waals surface area contributed by atoms with Gasteiger partial charge in [0, 0.05) is 9.27 Å². The third kappa shape index (κ3) is 8.66. The molecule has 262 valence electrons. The van der Waals surface area contributed by atoms with Gasteiger partial charge in [0.25, 0.3) is 0 Å². The van der Waals surface area contributed by atoms with Crippen LogP contribution in [0.2, 0.25) is 0 Å². The van der Waals surface area contributed by atoms with Crippen LogP contribution in [0.5, 0.6) is 0 Å². The lowest BCUT2D eigenvalue weighted by Gasteiger charge is -2.67. The van der Waals surface area contributed by atoms with Crippen LogP contribution in [0.25, 0.3) is 0 Å². The molecule has 0 aromatic rings. The van der Waals surface area contributed by atoms with Crippen molar-refractivity contribution in [1.29, 1.82) is 0 Å². The fourth-order valence-electron chi connectivity index (χ4n) is 11.8. The zero-order valence-corrected chi connectivity index (χ0v) is 30.6. The summed E-state index contributed by atoms with van der Waals surface area (Å²) in [7, 11) is 0. The first-order chi connectivity index (χ1) is 21.1. The average molecular weight is 621 g/mol. The number of rotatable bonds is 17. The van der Waals surface area contributed by atoms with Gasteiger partial charge in [0.1, 0.15) is 0 Å². The van der Waals surface area contributed by atoms with Crippen LogP contribution in [0.3, 0.4) is 0 Å². The predicted octanol–water partition coefficient (Wildman–Crippen LogP) is 12.7. The van der Waals surface area contributed by atoms with Gasteiger partial charge in [0.2, 0.25) is 0 Å². The van der Waals surface area contributed by atoms with E-state index in [1.54, 1.807) is 0 Å². The topological polar surface area (TPSA) is 57.5 Å². The molecule has 3 heteroatoms. The molecule has 0 heterocycles. The largest absolute Gasteiger partial charge is 0.481 e. The van der Waals surface area contributed by atoms with Gasteiger partial charge in [-0.05, 0) is 110 Å². The van der Waals surface area contributed by atoms with Gasteiger partial charge in [-0.15, -0.1) is 0 Å². The lowest BCUT2D eigenvalue weighted by atomic mass is 9.39. The summed E-state index contributed by atoms with van der Waals surface area (Å²) in [5.41, 5.74) is 0.905. The van der Waals surface area contributed by atoms with Gasteiger partial charge < -0.3 is 10.2 Å². The Labute approximate surface area is 277 Å². The Kier molecular flexibility index (Phi) is 15.1. The lowest BCUT2D eigenvalue weighted by Crippen LogP contribution is -2.62. The Bertz CT molecular complexity index is 852. The maximum Gasteiger partial charge on any atom is 0.303 e. The van der Waals surface area contributed by atoms with Crippen molar-refractivity contribution in [3.63, 3.8) is 0 Å². The van der Waals surface area contributed by atoms with Crippen LogP contribution in [0.1, 0.15) is 199 Å². The molecule has 4 aliphatic carbocycles. The van der Waals surface area contributed by atoms with Crippen LogP contribution < -0.4 is 0 Å². The van der Waals surface area contributed by atoms with Crippen molar-refractivity contribution >= 4 is 5.97 Å². The molecule has 4 aliphatic rings. The number of carboxylic acid groups (broad SMARTS) is 1. The Morgan fingerprint density at radius 1 is 0.795 bits per heavy atom. The summed E-state index contributed by atoms with van der Waals surface area (Å²) < 4.78 is 0. The summed E-state index contributed by atoms with van der Waals surface area (Å²) in [6, 6.07) is 0. The number of carboxylic acids is 1. The van der Waals surface area contributed by atoms with E-state index in [-0.39, 0.29) is 19.8 Å². The average Bonchev–Trinajstić information content (AvgIpc) is 3.35. The quantitative estimate of drug-likeness (QED) is 0.159. The van der Waals surface area contributed by atoms with Gasteiger partial charge in [-0.2, -0.15) is 0 Å². The van der Waals surface area contributed by atoms with Crippen molar-refractivity contribution in [3.8, 4) is 0 Å². The Balaban J connectivity index is 0.00000259. The van der Waals surface area contributed by atoms with E-state index < -0.39 is 5.97 Å². The smallest absolute Gasteiger partial charge is 0.303 e. The predicted molar refractivity (Wildman–Crippen MR) is 192 cm³/mol. The zero-order valence-electron chi connectivity index (χ0n) is 30.6. The number of aliphatic hydroxyl groups is 1. The van der Waals surface area contributed by atoms with Crippen LogP contribution in [-0.4, -0.2) is 22.3 Å². The summed E-state index contributed by atoms with van der Waals surface area (Å²) >= 11 is 0. The van der Waals surface area contributed by atoms with Crippen molar-refractivity contribution in [3.05, 3.63) is 0 Å². The normalized spacial score (nSPS) is 38.5. The lowest BCUT2D eigenvalue weighted by molar-refractivity contribution is -0.205. The molecular formula is C41H80O3. The van der Waals surface area contributed by atoms with E-state index in [9.17, 15) is 15.0 Å². The fourth-order valence-corrected chi connectivity index (χ4v) is 11.8. The molecule has 44 heavy (non-hydrogen) atoms. The highest BCUT2D eigenvalue weighted by atomic mass is 16.4. The molecule has 4 rings (SSSR count). The first-order valence-corrected chi connectivity index (χ1v) is 20.0.